The molecule has 1 atom stereocenters. The summed E-state index contributed by atoms with van der Waals surface area (Å²) in [6.07, 6.45) is 1.99. The van der Waals surface area contributed by atoms with E-state index >= 15 is 0 Å². The van der Waals surface area contributed by atoms with Crippen molar-refractivity contribution in [2.75, 3.05) is 32.8 Å². The molecule has 0 radical (unpaired) electrons. The van der Waals surface area contributed by atoms with Crippen LogP contribution in [0.2, 0.25) is 0 Å². The molecule has 4 heteroatoms. The number of nitrogens with zero attached hydrogens (tertiary/aromatic N) is 1. The van der Waals surface area contributed by atoms with Gasteiger partial charge in [0.15, 0.2) is 0 Å². The highest BCUT2D eigenvalue weighted by Crippen LogP contribution is 2.21. The van der Waals surface area contributed by atoms with Gasteiger partial charge < -0.3 is 9.47 Å². The van der Waals surface area contributed by atoms with Gasteiger partial charge in [-0.15, -0.1) is 0 Å². The maximum absolute atomic E-state index is 11.8. The van der Waals surface area contributed by atoms with Crippen LogP contribution in [0.15, 0.2) is 18.2 Å². The Morgan fingerprint density at radius 3 is 2.95 bits per heavy atom. The smallest absolute Gasteiger partial charge is 0.310 e. The second kappa shape index (κ2) is 8.18. The Morgan fingerprint density at radius 2 is 2.18 bits per heavy atom. The van der Waals surface area contributed by atoms with Crippen LogP contribution in [0.4, 0.5) is 0 Å². The van der Waals surface area contributed by atoms with Gasteiger partial charge >= 0.3 is 5.97 Å². The van der Waals surface area contributed by atoms with E-state index in [1.54, 1.807) is 0 Å². The van der Waals surface area contributed by atoms with E-state index in [4.69, 9.17) is 9.47 Å². The van der Waals surface area contributed by atoms with Gasteiger partial charge in [0.2, 0.25) is 0 Å². The van der Waals surface area contributed by atoms with Gasteiger partial charge in [-0.05, 0) is 57.4 Å². The molecule has 1 fully saturated rings. The molecular weight excluding hydrogens is 278 g/mol. The molecule has 0 spiro atoms. The minimum Gasteiger partial charge on any atom is -0.492 e. The van der Waals surface area contributed by atoms with E-state index in [1.165, 1.54) is 11.1 Å². The number of piperidine rings is 1. The van der Waals surface area contributed by atoms with Crippen molar-refractivity contribution >= 4 is 5.97 Å². The Kier molecular flexibility index (Phi) is 6.25. The number of likely N-dealkylation sites (tertiary alicyclic amines) is 1. The average Bonchev–Trinajstić information content (AvgIpc) is 2.52. The van der Waals surface area contributed by atoms with Crippen molar-refractivity contribution < 1.29 is 14.3 Å². The third-order valence-corrected chi connectivity index (χ3v) is 4.35. The Bertz CT molecular complexity index is 501. The fourth-order valence-electron chi connectivity index (χ4n) is 2.88. The van der Waals surface area contributed by atoms with Crippen molar-refractivity contribution in [1.82, 2.24) is 4.90 Å². The zero-order valence-electron chi connectivity index (χ0n) is 13.9. The number of esters is 1. The summed E-state index contributed by atoms with van der Waals surface area (Å²) in [6.45, 7) is 9.82. The van der Waals surface area contributed by atoms with Gasteiger partial charge in [-0.1, -0.05) is 12.1 Å². The largest absolute Gasteiger partial charge is 0.492 e. The summed E-state index contributed by atoms with van der Waals surface area (Å²) in [5, 5.41) is 0. The first kappa shape index (κ1) is 16.8. The van der Waals surface area contributed by atoms with Crippen molar-refractivity contribution in [3.8, 4) is 5.75 Å². The van der Waals surface area contributed by atoms with Crippen LogP contribution >= 0.6 is 0 Å². The van der Waals surface area contributed by atoms with Crippen LogP contribution in [0, 0.1) is 19.8 Å². The van der Waals surface area contributed by atoms with Crippen molar-refractivity contribution in [1.29, 1.82) is 0 Å². The minimum absolute atomic E-state index is 0.0226. The highest BCUT2D eigenvalue weighted by atomic mass is 16.5. The zero-order chi connectivity index (χ0) is 15.9. The van der Waals surface area contributed by atoms with Crippen molar-refractivity contribution in [2.45, 2.75) is 33.6 Å². The zero-order valence-corrected chi connectivity index (χ0v) is 13.9. The van der Waals surface area contributed by atoms with Gasteiger partial charge in [0.1, 0.15) is 12.4 Å². The number of hydrogen-bond acceptors (Lipinski definition) is 4. The van der Waals surface area contributed by atoms with Crippen molar-refractivity contribution in [3.05, 3.63) is 29.3 Å². The molecule has 1 heterocycles. The van der Waals surface area contributed by atoms with E-state index in [-0.39, 0.29) is 11.9 Å². The molecule has 2 rings (SSSR count). The van der Waals surface area contributed by atoms with E-state index in [9.17, 15) is 4.79 Å². The molecule has 1 aromatic rings. The Hall–Kier alpha value is -1.55. The lowest BCUT2D eigenvalue weighted by Gasteiger charge is -2.31. The van der Waals surface area contributed by atoms with E-state index in [2.05, 4.69) is 24.8 Å². The van der Waals surface area contributed by atoms with Gasteiger partial charge in [0.25, 0.3) is 0 Å². The van der Waals surface area contributed by atoms with E-state index < -0.39 is 0 Å². The summed E-state index contributed by atoms with van der Waals surface area (Å²) in [7, 11) is 0. The molecule has 0 saturated carbocycles. The van der Waals surface area contributed by atoms with Gasteiger partial charge in [0, 0.05) is 13.1 Å². The molecule has 0 bridgehead atoms. The number of carbonyl (C=O) groups excluding carboxylic acids is 1. The lowest BCUT2D eigenvalue weighted by atomic mass is 9.98. The van der Waals surface area contributed by atoms with Crippen LogP contribution in [-0.4, -0.2) is 43.7 Å². The van der Waals surface area contributed by atoms with E-state index in [1.807, 2.05) is 19.1 Å². The van der Waals surface area contributed by atoms with E-state index in [0.29, 0.717) is 13.2 Å². The third kappa shape index (κ3) is 4.47. The lowest BCUT2D eigenvalue weighted by molar-refractivity contribution is -0.150. The first-order valence-corrected chi connectivity index (χ1v) is 8.19. The average molecular weight is 305 g/mol. The number of hydrogen-bond donors (Lipinski definition) is 0. The minimum atomic E-state index is -0.0531. The number of ether oxygens (including phenoxy) is 2. The standard InChI is InChI=1S/C18H27NO3/c1-4-21-18(20)16-8-6-10-19(13-16)11-12-22-17-9-5-7-14(2)15(17)3/h5,7,9,16H,4,6,8,10-13H2,1-3H3. The van der Waals surface area contributed by atoms with Crippen LogP contribution in [0.3, 0.4) is 0 Å². The second-order valence-electron chi connectivity index (χ2n) is 5.94. The molecule has 0 N–H and O–H groups in total. The molecule has 1 aromatic carbocycles. The van der Waals surface area contributed by atoms with Crippen LogP contribution in [0.5, 0.6) is 5.75 Å². The first-order chi connectivity index (χ1) is 10.6. The molecule has 1 aliphatic heterocycles. The number of benzene rings is 1. The molecule has 4 nitrogen and oxygen atoms in total. The third-order valence-electron chi connectivity index (χ3n) is 4.35. The Labute approximate surface area is 133 Å². The fraction of sp³-hybridized carbons (Fsp3) is 0.611. The maximum Gasteiger partial charge on any atom is 0.310 e. The van der Waals surface area contributed by atoms with Crippen LogP contribution in [-0.2, 0) is 9.53 Å². The van der Waals surface area contributed by atoms with Crippen molar-refractivity contribution in [2.24, 2.45) is 5.92 Å². The molecule has 1 saturated heterocycles. The topological polar surface area (TPSA) is 38.8 Å². The fourth-order valence-corrected chi connectivity index (χ4v) is 2.88. The van der Waals surface area contributed by atoms with Crippen LogP contribution in [0.25, 0.3) is 0 Å². The first-order valence-electron chi connectivity index (χ1n) is 8.19. The summed E-state index contributed by atoms with van der Waals surface area (Å²) in [4.78, 5) is 14.1. The number of rotatable bonds is 6. The number of carbonyl (C=O) groups is 1. The van der Waals surface area contributed by atoms with Crippen molar-refractivity contribution in [3.63, 3.8) is 0 Å². The molecule has 122 valence electrons. The monoisotopic (exact) mass is 305 g/mol. The summed E-state index contributed by atoms with van der Waals surface area (Å²) >= 11 is 0. The summed E-state index contributed by atoms with van der Waals surface area (Å²) in [5.74, 6) is 0.927. The molecule has 22 heavy (non-hydrogen) atoms. The lowest BCUT2D eigenvalue weighted by Crippen LogP contribution is -2.41. The highest BCUT2D eigenvalue weighted by Gasteiger charge is 2.26. The molecule has 0 aromatic heterocycles. The van der Waals surface area contributed by atoms with Gasteiger partial charge in [0.05, 0.1) is 12.5 Å². The second-order valence-corrected chi connectivity index (χ2v) is 5.94. The van der Waals surface area contributed by atoms with Gasteiger partial charge in [-0.2, -0.15) is 0 Å². The predicted molar refractivity (Wildman–Crippen MR) is 87.2 cm³/mol. The number of aryl methyl sites for hydroxylation is 1. The SMILES string of the molecule is CCOC(=O)C1CCCN(CCOc2cccc(C)c2C)C1. The Morgan fingerprint density at radius 1 is 1.36 bits per heavy atom. The maximum atomic E-state index is 11.8. The molecule has 0 aliphatic carbocycles. The highest BCUT2D eigenvalue weighted by molar-refractivity contribution is 5.72. The van der Waals surface area contributed by atoms with E-state index in [0.717, 1.165) is 38.2 Å². The summed E-state index contributed by atoms with van der Waals surface area (Å²) < 4.78 is 11.0. The Balaban J connectivity index is 1.79. The van der Waals surface area contributed by atoms with Gasteiger partial charge in [-0.25, -0.2) is 0 Å². The summed E-state index contributed by atoms with van der Waals surface area (Å²) in [6, 6.07) is 6.13. The quantitative estimate of drug-likeness (QED) is 0.758. The summed E-state index contributed by atoms with van der Waals surface area (Å²) in [5.41, 5.74) is 2.45. The van der Waals surface area contributed by atoms with Gasteiger partial charge in [-0.3, -0.25) is 9.69 Å². The molecule has 1 aliphatic rings. The molecular formula is C18H27NO3. The molecule has 1 unspecified atom stereocenters. The van der Waals surface area contributed by atoms with Crippen LogP contribution < -0.4 is 4.74 Å². The van der Waals surface area contributed by atoms with Crippen LogP contribution in [0.1, 0.15) is 30.9 Å². The normalized spacial score (nSPS) is 19.0. The predicted octanol–water partition coefficient (Wildman–Crippen LogP) is 2.96. The molecule has 0 amide bonds.